The van der Waals surface area contributed by atoms with Crippen LogP contribution >= 0.6 is 0 Å². The Morgan fingerprint density at radius 1 is 1.02 bits per heavy atom. The maximum Gasteiger partial charge on any atom is 0.308 e. The van der Waals surface area contributed by atoms with Crippen LogP contribution in [0.1, 0.15) is 72.6 Å². The van der Waals surface area contributed by atoms with Gasteiger partial charge in [0, 0.05) is 30.5 Å². The van der Waals surface area contributed by atoms with Gasteiger partial charge in [0.2, 0.25) is 23.4 Å². The van der Waals surface area contributed by atoms with Crippen molar-refractivity contribution in [2.24, 2.45) is 11.3 Å². The Labute approximate surface area is 230 Å². The lowest BCUT2D eigenvalue weighted by Crippen LogP contribution is -2.50. The number of halogens is 4. The summed E-state index contributed by atoms with van der Waals surface area (Å²) in [6, 6.07) is -1.50. The van der Waals surface area contributed by atoms with Gasteiger partial charge in [-0.15, -0.1) is 0 Å². The van der Waals surface area contributed by atoms with Crippen molar-refractivity contribution in [1.29, 1.82) is 0 Å². The van der Waals surface area contributed by atoms with Crippen LogP contribution in [0.15, 0.2) is 6.07 Å². The molecule has 222 valence electrons. The Hall–Kier alpha value is -3.18. The quantitative estimate of drug-likeness (QED) is 0.270. The number of hydrogen-bond donors (Lipinski definition) is 1. The number of ether oxygens (including phenoxy) is 2. The Bertz CT molecular complexity index is 1110. The molecule has 0 bridgehead atoms. The molecule has 1 saturated carbocycles. The van der Waals surface area contributed by atoms with E-state index in [1.165, 1.54) is 0 Å². The second kappa shape index (κ2) is 12.6. The van der Waals surface area contributed by atoms with Crippen LogP contribution in [-0.4, -0.2) is 59.8 Å². The van der Waals surface area contributed by atoms with Crippen molar-refractivity contribution in [2.75, 3.05) is 19.7 Å². The predicted molar refractivity (Wildman–Crippen MR) is 135 cm³/mol. The summed E-state index contributed by atoms with van der Waals surface area (Å²) < 4.78 is 64.9. The molecule has 1 aliphatic carbocycles. The van der Waals surface area contributed by atoms with Crippen LogP contribution in [0.5, 0.6) is 5.75 Å². The molecule has 1 aromatic rings. The van der Waals surface area contributed by atoms with Crippen LogP contribution < -0.4 is 10.1 Å². The first-order valence-electron chi connectivity index (χ1n) is 13.4. The molecule has 0 unspecified atom stereocenters. The molecule has 3 rings (SSSR count). The van der Waals surface area contributed by atoms with E-state index in [0.29, 0.717) is 25.9 Å². The molecule has 12 heteroatoms. The lowest BCUT2D eigenvalue weighted by molar-refractivity contribution is -0.156. The smallest absolute Gasteiger partial charge is 0.308 e. The summed E-state index contributed by atoms with van der Waals surface area (Å²) in [5.41, 5.74) is -1.28. The highest BCUT2D eigenvalue weighted by Gasteiger charge is 2.41. The molecule has 1 saturated heterocycles. The molecule has 8 nitrogen and oxygen atoms in total. The van der Waals surface area contributed by atoms with E-state index in [1.807, 2.05) is 6.92 Å². The number of rotatable bonds is 9. The van der Waals surface area contributed by atoms with Gasteiger partial charge in [-0.2, -0.15) is 8.78 Å². The molecule has 1 atom stereocenters. The standard InChI is InChI=1S/C28H36F4N2O6/c1-27(2,3)40-21(36)14-19(20(35)15-39-24-22(31)17(29)13-18(30)23(24)32)33-25(37)16-7-11-34(12-8-16)26(38)28(4)9-5-6-10-28/h13,16,19H,5-12,14-15H2,1-4H3,(H,33,37)/t19-/m0/s1. The van der Waals surface area contributed by atoms with Crippen LogP contribution in [0.4, 0.5) is 17.6 Å². The molecule has 1 aliphatic heterocycles. The van der Waals surface area contributed by atoms with Gasteiger partial charge in [0.1, 0.15) is 18.2 Å². The fraction of sp³-hybridized carbons (Fsp3) is 0.643. The predicted octanol–water partition coefficient (Wildman–Crippen LogP) is 4.23. The van der Waals surface area contributed by atoms with Gasteiger partial charge in [0.25, 0.3) is 0 Å². The first-order valence-corrected chi connectivity index (χ1v) is 13.4. The minimum absolute atomic E-state index is 0.00214. The summed E-state index contributed by atoms with van der Waals surface area (Å²) in [6.45, 7) is 6.42. The van der Waals surface area contributed by atoms with E-state index in [2.05, 4.69) is 5.32 Å². The second-order valence-corrected chi connectivity index (χ2v) is 11.7. The first kappa shape index (κ1) is 31.3. The highest BCUT2D eigenvalue weighted by molar-refractivity contribution is 5.93. The molecule has 0 radical (unpaired) electrons. The molecule has 40 heavy (non-hydrogen) atoms. The van der Waals surface area contributed by atoms with Gasteiger partial charge in [0.05, 0.1) is 6.42 Å². The van der Waals surface area contributed by atoms with Gasteiger partial charge in [-0.05, 0) is 46.5 Å². The SMILES string of the molecule is CC(C)(C)OC(=O)C[C@H](NC(=O)C1CCN(C(=O)C2(C)CCCC2)CC1)C(=O)COc1c(F)c(F)cc(F)c1F. The molecule has 0 spiro atoms. The van der Waals surface area contributed by atoms with Gasteiger partial charge in [-0.1, -0.05) is 19.8 Å². The fourth-order valence-corrected chi connectivity index (χ4v) is 5.10. The van der Waals surface area contributed by atoms with Crippen molar-refractivity contribution in [3.8, 4) is 5.75 Å². The van der Waals surface area contributed by atoms with Crippen molar-refractivity contribution in [1.82, 2.24) is 10.2 Å². The van der Waals surface area contributed by atoms with Crippen molar-refractivity contribution in [3.05, 3.63) is 29.3 Å². The number of piperidine rings is 1. The molecule has 0 aromatic heterocycles. The number of carbonyl (C=O) groups is 4. The number of ketones is 1. The lowest BCUT2D eigenvalue weighted by Gasteiger charge is -2.36. The topological polar surface area (TPSA) is 102 Å². The average Bonchev–Trinajstić information content (AvgIpc) is 3.33. The maximum atomic E-state index is 14.0. The Balaban J connectivity index is 1.66. The summed E-state index contributed by atoms with van der Waals surface area (Å²) >= 11 is 0. The number of amides is 2. The van der Waals surface area contributed by atoms with Crippen molar-refractivity contribution >= 4 is 23.6 Å². The second-order valence-electron chi connectivity index (χ2n) is 11.7. The van der Waals surface area contributed by atoms with E-state index >= 15 is 0 Å². The summed E-state index contributed by atoms with van der Waals surface area (Å²) in [5.74, 6) is -11.3. The third kappa shape index (κ3) is 7.72. The third-order valence-electron chi connectivity index (χ3n) is 7.30. The van der Waals surface area contributed by atoms with Crippen LogP contribution in [0.2, 0.25) is 0 Å². The first-order chi connectivity index (χ1) is 18.6. The molecular weight excluding hydrogens is 536 g/mol. The van der Waals surface area contributed by atoms with E-state index < -0.39 is 77.3 Å². The van der Waals surface area contributed by atoms with Gasteiger partial charge in [-0.25, -0.2) is 8.78 Å². The Morgan fingerprint density at radius 2 is 1.57 bits per heavy atom. The minimum atomic E-state index is -1.83. The Morgan fingerprint density at radius 3 is 2.10 bits per heavy atom. The van der Waals surface area contributed by atoms with E-state index in [9.17, 15) is 36.7 Å². The molecule has 1 aromatic carbocycles. The van der Waals surface area contributed by atoms with Gasteiger partial charge in [-0.3, -0.25) is 19.2 Å². The number of hydrogen-bond acceptors (Lipinski definition) is 6. The summed E-state index contributed by atoms with van der Waals surface area (Å²) in [5, 5.41) is 2.49. The Kier molecular flexibility index (Phi) is 9.84. The summed E-state index contributed by atoms with van der Waals surface area (Å²) in [4.78, 5) is 53.2. The van der Waals surface area contributed by atoms with Crippen LogP contribution in [-0.2, 0) is 23.9 Å². The molecule has 2 amide bonds. The van der Waals surface area contributed by atoms with Crippen molar-refractivity contribution < 1.29 is 46.2 Å². The largest absolute Gasteiger partial charge is 0.479 e. The normalized spacial score (nSPS) is 18.2. The molecule has 1 heterocycles. The number of esters is 1. The number of carbonyl (C=O) groups excluding carboxylic acids is 4. The van der Waals surface area contributed by atoms with Crippen LogP contribution in [0.3, 0.4) is 0 Å². The van der Waals surface area contributed by atoms with Gasteiger partial charge >= 0.3 is 5.97 Å². The van der Waals surface area contributed by atoms with E-state index in [-0.39, 0.29) is 17.4 Å². The minimum Gasteiger partial charge on any atom is -0.479 e. The third-order valence-corrected chi connectivity index (χ3v) is 7.30. The zero-order valence-electron chi connectivity index (χ0n) is 23.2. The number of likely N-dealkylation sites (tertiary alicyclic amines) is 1. The van der Waals surface area contributed by atoms with E-state index in [0.717, 1.165) is 25.7 Å². The molecule has 2 aliphatic rings. The number of benzene rings is 1. The van der Waals surface area contributed by atoms with Gasteiger partial charge < -0.3 is 19.7 Å². The summed E-state index contributed by atoms with van der Waals surface area (Å²) in [6.07, 6.45) is 3.75. The lowest BCUT2D eigenvalue weighted by atomic mass is 9.85. The highest BCUT2D eigenvalue weighted by Crippen LogP contribution is 2.40. The molecule has 2 fully saturated rings. The average molecular weight is 573 g/mol. The number of nitrogens with one attached hydrogen (secondary N) is 1. The highest BCUT2D eigenvalue weighted by atomic mass is 19.2. The van der Waals surface area contributed by atoms with E-state index in [4.69, 9.17) is 9.47 Å². The monoisotopic (exact) mass is 572 g/mol. The van der Waals surface area contributed by atoms with Crippen molar-refractivity contribution in [3.63, 3.8) is 0 Å². The summed E-state index contributed by atoms with van der Waals surface area (Å²) in [7, 11) is 0. The van der Waals surface area contributed by atoms with Crippen molar-refractivity contribution in [2.45, 2.75) is 84.3 Å². The van der Waals surface area contributed by atoms with E-state index in [1.54, 1.807) is 25.7 Å². The van der Waals surface area contributed by atoms with Crippen LogP contribution in [0.25, 0.3) is 0 Å². The zero-order chi connectivity index (χ0) is 29.8. The number of nitrogens with zero attached hydrogens (tertiary/aromatic N) is 1. The van der Waals surface area contributed by atoms with Crippen LogP contribution in [0, 0.1) is 34.6 Å². The zero-order valence-corrected chi connectivity index (χ0v) is 23.2. The molecule has 1 N–H and O–H groups in total. The van der Waals surface area contributed by atoms with Gasteiger partial charge in [0.15, 0.2) is 23.2 Å². The molecular formula is C28H36F4N2O6. The maximum absolute atomic E-state index is 14.0. The number of Topliss-reactive ketones (excluding diaryl/α,β-unsaturated/α-hetero) is 1. The fourth-order valence-electron chi connectivity index (χ4n) is 5.10.